The Kier molecular flexibility index (Phi) is 1.84. The summed E-state index contributed by atoms with van der Waals surface area (Å²) in [6.45, 7) is 0. The van der Waals surface area contributed by atoms with Crippen molar-refractivity contribution in [2.75, 3.05) is 0 Å². The number of nitrogens with one attached hydrogen (secondary N) is 1. The maximum Gasteiger partial charge on any atom is 0.417 e. The van der Waals surface area contributed by atoms with Crippen LogP contribution < -0.4 is 5.76 Å². The van der Waals surface area contributed by atoms with Gasteiger partial charge in [0.25, 0.3) is 0 Å². The molecule has 4 heteroatoms. The molecule has 0 saturated heterocycles. The van der Waals surface area contributed by atoms with Crippen molar-refractivity contribution in [3.05, 3.63) is 32.3 Å². The van der Waals surface area contributed by atoms with Crippen molar-refractivity contribution >= 4 is 36.3 Å². The first-order valence-corrected chi connectivity index (χ1v) is 5.91. The van der Waals surface area contributed by atoms with E-state index in [1.54, 1.807) is 0 Å². The van der Waals surface area contributed by atoms with Crippen LogP contribution in [0.1, 0.15) is 0 Å². The van der Waals surface area contributed by atoms with Gasteiger partial charge >= 0.3 is 5.76 Å². The second kappa shape index (κ2) is 2.85. The topological polar surface area (TPSA) is 46.0 Å². The second-order valence-corrected chi connectivity index (χ2v) is 4.30. The quantitative estimate of drug-likeness (QED) is 0.805. The van der Waals surface area contributed by atoms with E-state index in [2.05, 4.69) is 9.50 Å². The van der Waals surface area contributed by atoms with Gasteiger partial charge in [-0.3, -0.25) is 4.98 Å². The van der Waals surface area contributed by atoms with E-state index >= 15 is 0 Å². The first kappa shape index (κ1) is 7.72. The van der Waals surface area contributed by atoms with Gasteiger partial charge < -0.3 is 4.42 Å². The molecule has 3 nitrogen and oxygen atoms in total. The lowest BCUT2D eigenvalue weighted by Gasteiger charge is -1.88. The minimum Gasteiger partial charge on any atom is -0.408 e. The number of H-pyrrole nitrogens is 1. The van der Waals surface area contributed by atoms with E-state index in [0.717, 1.165) is 5.52 Å². The van der Waals surface area contributed by atoms with E-state index in [-0.39, 0.29) is 20.7 Å². The lowest BCUT2D eigenvalue weighted by molar-refractivity contribution is 0.555. The summed E-state index contributed by atoms with van der Waals surface area (Å²) in [6, 6.07) is 5.68. The van der Waals surface area contributed by atoms with Crippen LogP contribution in [0.2, 0.25) is 0 Å². The molecule has 1 heterocycles. The van der Waals surface area contributed by atoms with E-state index in [1.165, 1.54) is 3.57 Å². The maximum absolute atomic E-state index is 10.8. The van der Waals surface area contributed by atoms with Gasteiger partial charge in [-0.15, -0.1) is 0 Å². The summed E-state index contributed by atoms with van der Waals surface area (Å²) in [7, 11) is 0. The lowest BCUT2D eigenvalue weighted by Crippen LogP contribution is -1.92. The molecule has 0 spiro atoms. The van der Waals surface area contributed by atoms with Gasteiger partial charge in [0.1, 0.15) is 0 Å². The number of rotatable bonds is 1. The van der Waals surface area contributed by atoms with Crippen molar-refractivity contribution in [1.82, 2.24) is 4.98 Å². The maximum atomic E-state index is 10.8. The Morgan fingerprint density at radius 3 is 3.08 bits per heavy atom. The van der Waals surface area contributed by atoms with Crippen molar-refractivity contribution in [3.63, 3.8) is 0 Å². The first-order chi connectivity index (χ1) is 5.79. The molecule has 0 aliphatic rings. The van der Waals surface area contributed by atoms with Crippen LogP contribution in [-0.4, -0.2) is 9.50 Å². The van der Waals surface area contributed by atoms with Crippen molar-refractivity contribution in [2.45, 2.75) is 0 Å². The molecule has 1 N–H and O–H groups in total. The number of benzene rings is 1. The zero-order chi connectivity index (χ0) is 8.55. The summed E-state index contributed by atoms with van der Waals surface area (Å²) in [5.74, 6) is -0.399. The summed E-state index contributed by atoms with van der Waals surface area (Å²) < 4.78 is 9.91. The highest BCUT2D eigenvalue weighted by atomic mass is 127. The molecule has 0 unspecified atom stereocenters. The summed E-state index contributed by atoms with van der Waals surface area (Å²) >= 11 is -0.182. The molecule has 2 rings (SSSR count). The molecule has 1 aromatic carbocycles. The minimum atomic E-state index is -0.399. The van der Waals surface area contributed by atoms with Gasteiger partial charge in [-0.2, -0.15) is 0 Å². The molecule has 0 saturated carbocycles. The monoisotopic (exact) mass is 275 g/mol. The number of fused-ring (bicyclic) bond motifs is 1. The smallest absolute Gasteiger partial charge is 0.408 e. The number of aromatic amines is 1. The molecule has 62 valence electrons. The van der Waals surface area contributed by atoms with Gasteiger partial charge in [0.15, 0.2) is 5.58 Å². The highest BCUT2D eigenvalue weighted by Gasteiger charge is 1.99. The third-order valence-electron chi connectivity index (χ3n) is 1.54. The molecule has 0 aliphatic heterocycles. The molecule has 0 radical (unpaired) electrons. The van der Waals surface area contributed by atoms with Crippen LogP contribution in [0.25, 0.3) is 11.1 Å². The fourth-order valence-electron chi connectivity index (χ4n) is 1.00. The van der Waals surface area contributed by atoms with Crippen molar-refractivity contribution < 1.29 is 4.42 Å². The second-order valence-electron chi connectivity index (χ2n) is 2.29. The molecule has 1 aromatic heterocycles. The van der Waals surface area contributed by atoms with Gasteiger partial charge in [-0.25, -0.2) is 4.79 Å². The van der Waals surface area contributed by atoms with E-state index in [1.807, 2.05) is 18.2 Å². The van der Waals surface area contributed by atoms with E-state index in [0.29, 0.717) is 5.58 Å². The van der Waals surface area contributed by atoms with Gasteiger partial charge in [-0.1, -0.05) is 25.2 Å². The van der Waals surface area contributed by atoms with Crippen LogP contribution in [0.5, 0.6) is 0 Å². The average molecular weight is 275 g/mol. The fourth-order valence-corrected chi connectivity index (χ4v) is 1.94. The number of oxazole rings is 1. The highest BCUT2D eigenvalue weighted by Crippen LogP contribution is 2.15. The highest BCUT2D eigenvalue weighted by molar-refractivity contribution is 14.2. The predicted molar refractivity (Wildman–Crippen MR) is 56.7 cm³/mol. The van der Waals surface area contributed by atoms with Gasteiger partial charge in [-0.05, 0) is 18.2 Å². The summed E-state index contributed by atoms with van der Waals surface area (Å²) in [6.07, 6.45) is 0. The van der Waals surface area contributed by atoms with E-state index < -0.39 is 5.76 Å². The minimum absolute atomic E-state index is 0.182. The number of aromatic nitrogens is 1. The van der Waals surface area contributed by atoms with Crippen molar-refractivity contribution in [2.24, 2.45) is 0 Å². The third kappa shape index (κ3) is 1.22. The molecule has 0 aliphatic carbocycles. The lowest BCUT2D eigenvalue weighted by atomic mass is 10.3. The molecular formula is C8H6INO2. The standard InChI is InChI=1S/C8H6INO2/c1-9-5-2-3-6-7(4-5)12-8(11)10-6/h2-4H,1H2,(H,10,11). The molecular weight excluding hydrogens is 269 g/mol. The number of halogens is 1. The Balaban J connectivity index is 2.82. The molecule has 2 aromatic rings. The zero-order valence-electron chi connectivity index (χ0n) is 6.13. The molecule has 0 atom stereocenters. The van der Waals surface area contributed by atoms with Crippen LogP contribution in [0.15, 0.2) is 27.4 Å². The van der Waals surface area contributed by atoms with Gasteiger partial charge in [0, 0.05) is 3.57 Å². The molecule has 0 amide bonds. The molecule has 0 fully saturated rings. The number of hydrogen-bond acceptors (Lipinski definition) is 2. The molecule has 0 bridgehead atoms. The zero-order valence-corrected chi connectivity index (χ0v) is 8.29. The Morgan fingerprint density at radius 1 is 1.50 bits per heavy atom. The SMILES string of the molecule is C=Ic1ccc2[nH]c(=O)oc2c1. The van der Waals surface area contributed by atoms with Crippen molar-refractivity contribution in [3.8, 4) is 0 Å². The fraction of sp³-hybridized carbons (Fsp3) is 0. The number of hydrogen-bond donors (Lipinski definition) is 1. The van der Waals surface area contributed by atoms with Crippen LogP contribution in [-0.2, 0) is 0 Å². The normalized spacial score (nSPS) is 10.7. The Bertz CT molecular complexity index is 483. The van der Waals surface area contributed by atoms with Crippen LogP contribution in [0, 0.1) is 3.57 Å². The van der Waals surface area contributed by atoms with Crippen LogP contribution >= 0.6 is 20.7 Å². The third-order valence-corrected chi connectivity index (χ3v) is 3.09. The van der Waals surface area contributed by atoms with E-state index in [9.17, 15) is 4.79 Å². The van der Waals surface area contributed by atoms with Gasteiger partial charge in [0.2, 0.25) is 0 Å². The Hall–Kier alpha value is -0.910. The van der Waals surface area contributed by atoms with E-state index in [4.69, 9.17) is 4.42 Å². The summed E-state index contributed by atoms with van der Waals surface area (Å²) in [5, 5.41) is 0. The summed E-state index contributed by atoms with van der Waals surface area (Å²) in [4.78, 5) is 13.3. The summed E-state index contributed by atoms with van der Waals surface area (Å²) in [5.41, 5.74) is 1.38. The Labute approximate surface area is 78.1 Å². The largest absolute Gasteiger partial charge is 0.417 e. The molecule has 12 heavy (non-hydrogen) atoms. The predicted octanol–water partition coefficient (Wildman–Crippen LogP) is 1.69. The van der Waals surface area contributed by atoms with Crippen molar-refractivity contribution in [1.29, 1.82) is 0 Å². The Morgan fingerprint density at radius 2 is 2.33 bits per heavy atom. The first-order valence-electron chi connectivity index (χ1n) is 3.31. The van der Waals surface area contributed by atoms with Crippen LogP contribution in [0.3, 0.4) is 0 Å². The van der Waals surface area contributed by atoms with Crippen LogP contribution in [0.4, 0.5) is 0 Å². The average Bonchev–Trinajstić information content (AvgIpc) is 2.43. The van der Waals surface area contributed by atoms with Gasteiger partial charge in [0.05, 0.1) is 5.52 Å².